The maximum absolute atomic E-state index is 12.5. The van der Waals surface area contributed by atoms with Crippen molar-refractivity contribution in [2.45, 2.75) is 19.9 Å². The third kappa shape index (κ3) is 4.83. The molecule has 7 nitrogen and oxygen atoms in total. The summed E-state index contributed by atoms with van der Waals surface area (Å²) in [4.78, 5) is 24.6. The van der Waals surface area contributed by atoms with Gasteiger partial charge in [-0.25, -0.2) is 4.68 Å². The van der Waals surface area contributed by atoms with Gasteiger partial charge in [-0.1, -0.05) is 35.0 Å². The van der Waals surface area contributed by atoms with E-state index in [0.717, 1.165) is 10.2 Å². The first kappa shape index (κ1) is 18.8. The van der Waals surface area contributed by atoms with Gasteiger partial charge in [-0.2, -0.15) is 0 Å². The minimum Gasteiger partial charge on any atom is -0.493 e. The van der Waals surface area contributed by atoms with Crippen molar-refractivity contribution in [3.8, 4) is 5.75 Å². The van der Waals surface area contributed by atoms with E-state index in [1.165, 1.54) is 0 Å². The van der Waals surface area contributed by atoms with Crippen molar-refractivity contribution in [1.82, 2.24) is 20.3 Å². The molecular formula is C19H19ClN4O3. The number of hydrogen-bond acceptors (Lipinski definition) is 5. The maximum atomic E-state index is 12.5. The SMILES string of the molecule is Cc1cccc2nnn(CC(=O)NCCCOc3cccc(Cl)c3)c(=O)c12. The van der Waals surface area contributed by atoms with Crippen LogP contribution in [0.25, 0.3) is 10.9 Å². The number of aromatic nitrogens is 3. The molecule has 0 saturated carbocycles. The Kier molecular flexibility index (Phi) is 6.03. The second-order valence-corrected chi connectivity index (χ2v) is 6.47. The van der Waals surface area contributed by atoms with Crippen molar-refractivity contribution < 1.29 is 9.53 Å². The van der Waals surface area contributed by atoms with Crippen molar-refractivity contribution in [1.29, 1.82) is 0 Å². The average molecular weight is 387 g/mol. The smallest absolute Gasteiger partial charge is 0.278 e. The molecule has 8 heteroatoms. The van der Waals surface area contributed by atoms with E-state index in [1.807, 2.05) is 31.2 Å². The molecule has 3 rings (SSSR count). The van der Waals surface area contributed by atoms with Crippen molar-refractivity contribution in [2.75, 3.05) is 13.2 Å². The Hall–Kier alpha value is -2.93. The molecule has 1 amide bonds. The Labute approximate surface area is 160 Å². The molecule has 0 aliphatic heterocycles. The summed E-state index contributed by atoms with van der Waals surface area (Å²) in [7, 11) is 0. The quantitative estimate of drug-likeness (QED) is 0.630. The van der Waals surface area contributed by atoms with E-state index in [0.29, 0.717) is 41.2 Å². The first-order valence-corrected chi connectivity index (χ1v) is 8.90. The Morgan fingerprint density at radius 3 is 2.89 bits per heavy atom. The summed E-state index contributed by atoms with van der Waals surface area (Å²) in [5.74, 6) is 0.379. The monoisotopic (exact) mass is 386 g/mol. The third-order valence-corrected chi connectivity index (χ3v) is 4.20. The number of aryl methyl sites for hydroxylation is 1. The number of rotatable bonds is 7. The molecule has 2 aromatic carbocycles. The maximum Gasteiger partial charge on any atom is 0.278 e. The van der Waals surface area contributed by atoms with E-state index in [2.05, 4.69) is 15.6 Å². The van der Waals surface area contributed by atoms with E-state index < -0.39 is 0 Å². The van der Waals surface area contributed by atoms with Crippen molar-refractivity contribution in [3.63, 3.8) is 0 Å². The fourth-order valence-electron chi connectivity index (χ4n) is 2.63. The van der Waals surface area contributed by atoms with Crippen LogP contribution in [0.4, 0.5) is 0 Å². The fourth-order valence-corrected chi connectivity index (χ4v) is 2.81. The predicted octanol–water partition coefficient (Wildman–Crippen LogP) is 2.34. The summed E-state index contributed by atoms with van der Waals surface area (Å²) in [5, 5.41) is 11.7. The zero-order valence-electron chi connectivity index (χ0n) is 14.8. The Morgan fingerprint density at radius 1 is 1.26 bits per heavy atom. The number of ether oxygens (including phenoxy) is 1. The van der Waals surface area contributed by atoms with Gasteiger partial charge in [0.05, 0.1) is 12.0 Å². The van der Waals surface area contributed by atoms with Gasteiger partial charge in [-0.15, -0.1) is 5.10 Å². The third-order valence-electron chi connectivity index (χ3n) is 3.96. The van der Waals surface area contributed by atoms with E-state index >= 15 is 0 Å². The van der Waals surface area contributed by atoms with Gasteiger partial charge in [0, 0.05) is 11.6 Å². The Morgan fingerprint density at radius 2 is 2.07 bits per heavy atom. The standard InChI is InChI=1S/C19H19ClN4O3/c1-13-5-2-8-16-18(13)19(26)24(23-22-16)12-17(25)21-9-4-10-27-15-7-3-6-14(20)11-15/h2-3,5-8,11H,4,9-10,12H2,1H3,(H,21,25). The zero-order chi connectivity index (χ0) is 19.2. The van der Waals surface area contributed by atoms with Crippen LogP contribution in [-0.4, -0.2) is 34.1 Å². The van der Waals surface area contributed by atoms with Crippen LogP contribution in [0.5, 0.6) is 5.75 Å². The van der Waals surface area contributed by atoms with Crippen LogP contribution < -0.4 is 15.6 Å². The normalized spacial score (nSPS) is 10.7. The van der Waals surface area contributed by atoms with E-state index in [9.17, 15) is 9.59 Å². The first-order valence-electron chi connectivity index (χ1n) is 8.53. The summed E-state index contributed by atoms with van der Waals surface area (Å²) in [6.45, 7) is 2.52. The fraction of sp³-hybridized carbons (Fsp3) is 0.263. The molecule has 0 atom stereocenters. The lowest BCUT2D eigenvalue weighted by Gasteiger charge is -2.09. The molecule has 3 aromatic rings. The predicted molar refractivity (Wildman–Crippen MR) is 103 cm³/mol. The van der Waals surface area contributed by atoms with Gasteiger partial charge in [0.2, 0.25) is 5.91 Å². The minimum absolute atomic E-state index is 0.175. The molecule has 0 radical (unpaired) electrons. The van der Waals surface area contributed by atoms with E-state index in [1.54, 1.807) is 18.2 Å². The lowest BCUT2D eigenvalue weighted by Crippen LogP contribution is -2.35. The van der Waals surface area contributed by atoms with Crippen LogP contribution in [0.15, 0.2) is 47.3 Å². The summed E-state index contributed by atoms with van der Waals surface area (Å²) in [5.41, 5.74) is 1.01. The number of nitrogens with zero attached hydrogens (tertiary/aromatic N) is 3. The highest BCUT2D eigenvalue weighted by Gasteiger charge is 2.10. The van der Waals surface area contributed by atoms with Crippen molar-refractivity contribution in [3.05, 3.63) is 63.4 Å². The number of halogens is 1. The molecule has 0 saturated heterocycles. The van der Waals surface area contributed by atoms with Crippen LogP contribution in [0, 0.1) is 6.92 Å². The highest BCUT2D eigenvalue weighted by molar-refractivity contribution is 6.30. The van der Waals surface area contributed by atoms with Gasteiger partial charge in [0.1, 0.15) is 17.8 Å². The molecule has 0 spiro atoms. The lowest BCUT2D eigenvalue weighted by atomic mass is 10.1. The Bertz CT molecular complexity index is 1020. The summed E-state index contributed by atoms with van der Waals surface area (Å²) >= 11 is 5.89. The van der Waals surface area contributed by atoms with Gasteiger partial charge in [-0.05, 0) is 43.2 Å². The van der Waals surface area contributed by atoms with Crippen LogP contribution >= 0.6 is 11.6 Å². The number of nitrogens with one attached hydrogen (secondary N) is 1. The largest absolute Gasteiger partial charge is 0.493 e. The first-order chi connectivity index (χ1) is 13.0. The molecular weight excluding hydrogens is 368 g/mol. The minimum atomic E-state index is -0.322. The van der Waals surface area contributed by atoms with Gasteiger partial charge < -0.3 is 10.1 Å². The molecule has 0 bridgehead atoms. The number of carbonyl (C=O) groups excluding carboxylic acids is 1. The van der Waals surface area contributed by atoms with Crippen molar-refractivity contribution in [2.24, 2.45) is 0 Å². The molecule has 27 heavy (non-hydrogen) atoms. The number of fused-ring (bicyclic) bond motifs is 1. The van der Waals surface area contributed by atoms with Crippen LogP contribution in [0.2, 0.25) is 5.02 Å². The van der Waals surface area contributed by atoms with Crippen molar-refractivity contribution >= 4 is 28.4 Å². The van der Waals surface area contributed by atoms with E-state index in [-0.39, 0.29) is 18.0 Å². The molecule has 0 aliphatic carbocycles. The van der Waals surface area contributed by atoms with Crippen LogP contribution in [-0.2, 0) is 11.3 Å². The summed E-state index contributed by atoms with van der Waals surface area (Å²) in [6, 6.07) is 12.5. The van der Waals surface area contributed by atoms with Gasteiger partial charge in [0.25, 0.3) is 5.56 Å². The number of hydrogen-bond donors (Lipinski definition) is 1. The molecule has 0 fully saturated rings. The highest BCUT2D eigenvalue weighted by atomic mass is 35.5. The topological polar surface area (TPSA) is 86.1 Å². The summed E-state index contributed by atoms with van der Waals surface area (Å²) < 4.78 is 6.63. The van der Waals surface area contributed by atoms with Crippen LogP contribution in [0.3, 0.4) is 0 Å². The summed E-state index contributed by atoms with van der Waals surface area (Å²) in [6.07, 6.45) is 0.621. The average Bonchev–Trinajstić information content (AvgIpc) is 2.64. The highest BCUT2D eigenvalue weighted by Crippen LogP contribution is 2.17. The van der Waals surface area contributed by atoms with E-state index in [4.69, 9.17) is 16.3 Å². The number of carbonyl (C=O) groups is 1. The molecule has 0 unspecified atom stereocenters. The van der Waals surface area contributed by atoms with Gasteiger partial charge >= 0.3 is 0 Å². The zero-order valence-corrected chi connectivity index (χ0v) is 15.6. The Balaban J connectivity index is 1.50. The molecule has 0 aliphatic rings. The lowest BCUT2D eigenvalue weighted by molar-refractivity contribution is -0.121. The second kappa shape index (κ2) is 8.64. The molecule has 1 N–H and O–H groups in total. The molecule has 1 aromatic heterocycles. The number of amides is 1. The van der Waals surface area contributed by atoms with Gasteiger partial charge in [0.15, 0.2) is 0 Å². The molecule has 140 valence electrons. The molecule has 1 heterocycles. The van der Waals surface area contributed by atoms with Gasteiger partial charge in [-0.3, -0.25) is 9.59 Å². The van der Waals surface area contributed by atoms with Crippen LogP contribution in [0.1, 0.15) is 12.0 Å². The number of benzene rings is 2. The second-order valence-electron chi connectivity index (χ2n) is 6.03.